The van der Waals surface area contributed by atoms with E-state index >= 15 is 0 Å². The molecular weight excluding hydrogens is 513 g/mol. The second kappa shape index (κ2) is 13.8. The number of nitrogens with zero attached hydrogens (tertiary/aromatic N) is 3. The van der Waals surface area contributed by atoms with Gasteiger partial charge in [0.05, 0.1) is 26.3 Å². The fraction of sp³-hybridized carbons (Fsp3) is 0.524. The SMILES string of the molecule is CCNC(=NCc1cccc(OCCN2CCOCC2)c1)NCc1ncc(C)s1.I. The van der Waals surface area contributed by atoms with Crippen LogP contribution in [-0.4, -0.2) is 61.8 Å². The van der Waals surface area contributed by atoms with E-state index in [9.17, 15) is 0 Å². The Labute approximate surface area is 200 Å². The van der Waals surface area contributed by atoms with Crippen molar-refractivity contribution in [2.24, 2.45) is 4.99 Å². The third-order valence-electron chi connectivity index (χ3n) is 4.52. The van der Waals surface area contributed by atoms with Crippen LogP contribution >= 0.6 is 35.3 Å². The van der Waals surface area contributed by atoms with Gasteiger partial charge in [0.1, 0.15) is 17.4 Å². The Hall–Kier alpha value is -1.43. The molecule has 9 heteroatoms. The summed E-state index contributed by atoms with van der Waals surface area (Å²) in [6.45, 7) is 11.4. The van der Waals surface area contributed by atoms with Gasteiger partial charge >= 0.3 is 0 Å². The lowest BCUT2D eigenvalue weighted by molar-refractivity contribution is 0.0322. The lowest BCUT2D eigenvalue weighted by Crippen LogP contribution is -2.38. The van der Waals surface area contributed by atoms with Crippen molar-refractivity contribution in [3.8, 4) is 5.75 Å². The van der Waals surface area contributed by atoms with E-state index in [-0.39, 0.29) is 24.0 Å². The van der Waals surface area contributed by atoms with Crippen LogP contribution in [0.25, 0.3) is 0 Å². The largest absolute Gasteiger partial charge is 0.492 e. The molecule has 1 aromatic carbocycles. The molecule has 166 valence electrons. The minimum absolute atomic E-state index is 0. The molecule has 7 nitrogen and oxygen atoms in total. The summed E-state index contributed by atoms with van der Waals surface area (Å²) in [5.41, 5.74) is 1.12. The first-order chi connectivity index (χ1) is 14.2. The van der Waals surface area contributed by atoms with Crippen LogP contribution in [0, 0.1) is 6.92 Å². The molecule has 3 rings (SSSR count). The number of guanidine groups is 1. The van der Waals surface area contributed by atoms with Gasteiger partial charge in [-0.25, -0.2) is 9.98 Å². The maximum Gasteiger partial charge on any atom is 0.191 e. The Balaban J connectivity index is 0.00000320. The number of morpholine rings is 1. The van der Waals surface area contributed by atoms with E-state index in [1.807, 2.05) is 18.3 Å². The van der Waals surface area contributed by atoms with Crippen LogP contribution in [0.5, 0.6) is 5.75 Å². The van der Waals surface area contributed by atoms with Gasteiger partial charge in [0.15, 0.2) is 5.96 Å². The number of ether oxygens (including phenoxy) is 2. The summed E-state index contributed by atoms with van der Waals surface area (Å²) in [5, 5.41) is 7.69. The van der Waals surface area contributed by atoms with Crippen molar-refractivity contribution in [2.45, 2.75) is 26.9 Å². The number of halogens is 1. The molecule has 0 saturated carbocycles. The van der Waals surface area contributed by atoms with Crippen molar-refractivity contribution in [2.75, 3.05) is 46.0 Å². The van der Waals surface area contributed by atoms with E-state index in [1.54, 1.807) is 11.3 Å². The number of aromatic nitrogens is 1. The molecule has 1 aliphatic heterocycles. The number of rotatable bonds is 9. The Bertz CT molecular complexity index is 780. The molecular formula is C21H32IN5O2S. The highest BCUT2D eigenvalue weighted by atomic mass is 127. The number of aliphatic imine (C=N–C) groups is 1. The first kappa shape index (κ1) is 24.8. The summed E-state index contributed by atoms with van der Waals surface area (Å²) in [4.78, 5) is 12.7. The van der Waals surface area contributed by atoms with Crippen LogP contribution in [-0.2, 0) is 17.8 Å². The van der Waals surface area contributed by atoms with E-state index in [0.29, 0.717) is 19.7 Å². The van der Waals surface area contributed by atoms with E-state index < -0.39 is 0 Å². The molecule has 0 atom stereocenters. The lowest BCUT2D eigenvalue weighted by atomic mass is 10.2. The molecule has 0 radical (unpaired) electrons. The number of benzene rings is 1. The highest BCUT2D eigenvalue weighted by molar-refractivity contribution is 14.0. The summed E-state index contributed by atoms with van der Waals surface area (Å²) < 4.78 is 11.3. The quantitative estimate of drug-likeness (QED) is 0.287. The molecule has 0 unspecified atom stereocenters. The van der Waals surface area contributed by atoms with Crippen molar-refractivity contribution >= 4 is 41.3 Å². The maximum atomic E-state index is 5.94. The fourth-order valence-corrected chi connectivity index (χ4v) is 3.73. The summed E-state index contributed by atoms with van der Waals surface area (Å²) in [5.74, 6) is 1.68. The lowest BCUT2D eigenvalue weighted by Gasteiger charge is -2.26. The molecule has 0 aliphatic carbocycles. The molecule has 1 saturated heterocycles. The number of nitrogens with one attached hydrogen (secondary N) is 2. The van der Waals surface area contributed by atoms with Crippen LogP contribution in [0.4, 0.5) is 0 Å². The molecule has 1 aliphatic rings. The topological polar surface area (TPSA) is 71.0 Å². The zero-order valence-corrected chi connectivity index (χ0v) is 20.9. The van der Waals surface area contributed by atoms with Gasteiger partial charge in [-0.05, 0) is 31.5 Å². The second-order valence-electron chi connectivity index (χ2n) is 6.86. The Morgan fingerprint density at radius 1 is 1.30 bits per heavy atom. The summed E-state index contributed by atoms with van der Waals surface area (Å²) in [7, 11) is 0. The summed E-state index contributed by atoms with van der Waals surface area (Å²) in [6.07, 6.45) is 1.90. The second-order valence-corrected chi connectivity index (χ2v) is 8.18. The molecule has 1 aromatic heterocycles. The molecule has 0 amide bonds. The third kappa shape index (κ3) is 8.75. The minimum Gasteiger partial charge on any atom is -0.492 e. The highest BCUT2D eigenvalue weighted by Crippen LogP contribution is 2.14. The van der Waals surface area contributed by atoms with E-state index in [2.05, 4.69) is 46.5 Å². The average molecular weight is 545 g/mol. The number of hydrogen-bond donors (Lipinski definition) is 2. The zero-order valence-electron chi connectivity index (χ0n) is 17.7. The fourth-order valence-electron chi connectivity index (χ4n) is 3.01. The summed E-state index contributed by atoms with van der Waals surface area (Å²) >= 11 is 1.70. The average Bonchev–Trinajstić information content (AvgIpc) is 3.16. The minimum atomic E-state index is 0. The highest BCUT2D eigenvalue weighted by Gasteiger charge is 2.09. The molecule has 2 aromatic rings. The van der Waals surface area contributed by atoms with Crippen LogP contribution in [0.3, 0.4) is 0 Å². The van der Waals surface area contributed by atoms with Crippen molar-refractivity contribution in [3.05, 3.63) is 45.9 Å². The first-order valence-corrected chi connectivity index (χ1v) is 11.0. The van der Waals surface area contributed by atoms with E-state index in [0.717, 1.165) is 61.7 Å². The predicted octanol–water partition coefficient (Wildman–Crippen LogP) is 3.04. The molecule has 1 fully saturated rings. The van der Waals surface area contributed by atoms with Gasteiger partial charge in [0.25, 0.3) is 0 Å². The third-order valence-corrected chi connectivity index (χ3v) is 5.43. The van der Waals surface area contributed by atoms with Gasteiger partial charge in [-0.2, -0.15) is 0 Å². The van der Waals surface area contributed by atoms with Crippen molar-refractivity contribution < 1.29 is 9.47 Å². The van der Waals surface area contributed by atoms with Crippen molar-refractivity contribution in [1.29, 1.82) is 0 Å². The van der Waals surface area contributed by atoms with Crippen LogP contribution in [0.1, 0.15) is 22.4 Å². The van der Waals surface area contributed by atoms with Gasteiger partial charge < -0.3 is 20.1 Å². The van der Waals surface area contributed by atoms with Crippen molar-refractivity contribution in [1.82, 2.24) is 20.5 Å². The Morgan fingerprint density at radius 2 is 2.13 bits per heavy atom. The number of aryl methyl sites for hydroxylation is 1. The molecule has 2 heterocycles. The van der Waals surface area contributed by atoms with Crippen LogP contribution in [0.2, 0.25) is 0 Å². The van der Waals surface area contributed by atoms with Crippen molar-refractivity contribution in [3.63, 3.8) is 0 Å². The molecule has 0 spiro atoms. The van der Waals surface area contributed by atoms with Crippen LogP contribution in [0.15, 0.2) is 35.5 Å². The van der Waals surface area contributed by atoms with Gasteiger partial charge in [-0.3, -0.25) is 4.90 Å². The Kier molecular flexibility index (Phi) is 11.4. The van der Waals surface area contributed by atoms with Gasteiger partial charge in [0.2, 0.25) is 0 Å². The zero-order chi connectivity index (χ0) is 20.3. The molecule has 0 bridgehead atoms. The van der Waals surface area contributed by atoms with E-state index in [4.69, 9.17) is 14.5 Å². The maximum absolute atomic E-state index is 5.94. The van der Waals surface area contributed by atoms with E-state index in [1.165, 1.54) is 4.88 Å². The normalized spacial score (nSPS) is 14.8. The number of thiazole rings is 1. The van der Waals surface area contributed by atoms with Gasteiger partial charge in [0, 0.05) is 37.3 Å². The summed E-state index contributed by atoms with van der Waals surface area (Å²) in [6, 6.07) is 8.16. The standard InChI is InChI=1S/C21H31N5O2S.HI/c1-3-22-21(25-16-20-23-14-17(2)29-20)24-15-18-5-4-6-19(13-18)28-12-9-26-7-10-27-11-8-26;/h4-6,13-14H,3,7-12,15-16H2,1-2H3,(H2,22,24,25);1H. The van der Waals surface area contributed by atoms with Crippen LogP contribution < -0.4 is 15.4 Å². The Morgan fingerprint density at radius 3 is 2.87 bits per heavy atom. The number of hydrogen-bond acceptors (Lipinski definition) is 6. The monoisotopic (exact) mass is 545 g/mol. The first-order valence-electron chi connectivity index (χ1n) is 10.2. The molecule has 2 N–H and O–H groups in total. The smallest absolute Gasteiger partial charge is 0.191 e. The van der Waals surface area contributed by atoms with Gasteiger partial charge in [-0.1, -0.05) is 12.1 Å². The molecule has 30 heavy (non-hydrogen) atoms. The predicted molar refractivity (Wildman–Crippen MR) is 133 cm³/mol. The van der Waals surface area contributed by atoms with Gasteiger partial charge in [-0.15, -0.1) is 35.3 Å².